The molecule has 28 heavy (non-hydrogen) atoms. The second-order valence-electron chi connectivity index (χ2n) is 6.50. The fraction of sp³-hybridized carbons (Fsp3) is 0.286. The molecule has 0 aliphatic carbocycles. The Morgan fingerprint density at radius 3 is 2.46 bits per heavy atom. The molecular weight excluding hydrogens is 383 g/mol. The molecule has 7 heteroatoms. The summed E-state index contributed by atoms with van der Waals surface area (Å²) in [4.78, 5) is 27.7. The molecule has 1 saturated heterocycles. The SMILES string of the molecule is CCC1C(=O)N(Cc2ccc(F)cc2)C(=C=O)CN1COc1ccc(Cl)cc1. The molecule has 1 unspecified atom stereocenters. The molecule has 1 fully saturated rings. The van der Waals surface area contributed by atoms with Crippen LogP contribution in [0, 0.1) is 5.82 Å². The first-order valence-electron chi connectivity index (χ1n) is 8.94. The Labute approximate surface area is 168 Å². The molecule has 2 aromatic rings. The largest absolute Gasteiger partial charge is 0.478 e. The van der Waals surface area contributed by atoms with Gasteiger partial charge in [-0.15, -0.1) is 0 Å². The van der Waals surface area contributed by atoms with E-state index in [1.165, 1.54) is 17.0 Å². The predicted molar refractivity (Wildman–Crippen MR) is 104 cm³/mol. The summed E-state index contributed by atoms with van der Waals surface area (Å²) >= 11 is 5.87. The second-order valence-corrected chi connectivity index (χ2v) is 6.93. The maximum atomic E-state index is 13.1. The predicted octanol–water partition coefficient (Wildman–Crippen LogP) is 3.65. The molecule has 0 bridgehead atoms. The number of carbonyl (C=O) groups is 1. The van der Waals surface area contributed by atoms with Gasteiger partial charge in [-0.2, -0.15) is 0 Å². The lowest BCUT2D eigenvalue weighted by atomic mass is 10.1. The van der Waals surface area contributed by atoms with E-state index >= 15 is 0 Å². The molecule has 146 valence electrons. The number of nitrogens with zero attached hydrogens (tertiary/aromatic N) is 2. The zero-order valence-electron chi connectivity index (χ0n) is 15.4. The van der Waals surface area contributed by atoms with E-state index in [0.717, 1.165) is 5.56 Å². The number of amides is 1. The summed E-state index contributed by atoms with van der Waals surface area (Å²) in [5.41, 5.74) is 0.974. The second kappa shape index (κ2) is 9.02. The molecule has 1 amide bonds. The van der Waals surface area contributed by atoms with Crippen LogP contribution in [-0.4, -0.2) is 41.0 Å². The number of hydrogen-bond acceptors (Lipinski definition) is 4. The van der Waals surface area contributed by atoms with Crippen molar-refractivity contribution in [2.24, 2.45) is 0 Å². The number of piperazine rings is 1. The van der Waals surface area contributed by atoms with Gasteiger partial charge in [0.25, 0.3) is 0 Å². The molecule has 0 radical (unpaired) electrons. The first kappa shape index (κ1) is 20.1. The third-order valence-electron chi connectivity index (χ3n) is 4.64. The van der Waals surface area contributed by atoms with Crippen molar-refractivity contribution in [2.45, 2.75) is 25.9 Å². The number of rotatable bonds is 6. The van der Waals surface area contributed by atoms with Gasteiger partial charge >= 0.3 is 0 Å². The number of halogens is 2. The monoisotopic (exact) mass is 402 g/mol. The van der Waals surface area contributed by atoms with Gasteiger partial charge in [-0.05, 0) is 48.4 Å². The maximum absolute atomic E-state index is 13.1. The Kier molecular flexibility index (Phi) is 6.47. The van der Waals surface area contributed by atoms with Gasteiger partial charge in [0.2, 0.25) is 5.91 Å². The Balaban J connectivity index is 1.73. The third kappa shape index (κ3) is 4.60. The van der Waals surface area contributed by atoms with Crippen LogP contribution in [0.3, 0.4) is 0 Å². The van der Waals surface area contributed by atoms with E-state index in [9.17, 15) is 14.0 Å². The number of benzene rings is 2. The minimum atomic E-state index is -0.426. The van der Waals surface area contributed by atoms with E-state index in [2.05, 4.69) is 0 Å². The molecule has 1 atom stereocenters. The van der Waals surface area contributed by atoms with Crippen molar-refractivity contribution in [2.75, 3.05) is 13.3 Å². The zero-order chi connectivity index (χ0) is 20.1. The molecule has 1 aliphatic rings. The van der Waals surface area contributed by atoms with Crippen LogP contribution in [0.2, 0.25) is 5.02 Å². The molecule has 0 aromatic heterocycles. The van der Waals surface area contributed by atoms with Crippen LogP contribution < -0.4 is 4.74 Å². The highest BCUT2D eigenvalue weighted by molar-refractivity contribution is 6.30. The average Bonchev–Trinajstić information content (AvgIpc) is 2.70. The Hall–Kier alpha value is -2.66. The summed E-state index contributed by atoms with van der Waals surface area (Å²) in [6, 6.07) is 12.4. The first-order valence-corrected chi connectivity index (χ1v) is 9.31. The van der Waals surface area contributed by atoms with Crippen LogP contribution in [0.5, 0.6) is 5.75 Å². The number of ether oxygens (including phenoxy) is 1. The van der Waals surface area contributed by atoms with Gasteiger partial charge in [-0.25, -0.2) is 9.18 Å². The quantitative estimate of drug-likeness (QED) is 0.692. The van der Waals surface area contributed by atoms with E-state index in [-0.39, 0.29) is 37.2 Å². The third-order valence-corrected chi connectivity index (χ3v) is 4.89. The van der Waals surface area contributed by atoms with Crippen LogP contribution in [0.1, 0.15) is 18.9 Å². The highest BCUT2D eigenvalue weighted by Crippen LogP contribution is 2.24. The molecule has 0 N–H and O–H groups in total. The Morgan fingerprint density at radius 2 is 1.86 bits per heavy atom. The van der Waals surface area contributed by atoms with Crippen molar-refractivity contribution in [1.29, 1.82) is 0 Å². The molecular formula is C21H20ClFN2O3. The van der Waals surface area contributed by atoms with Crippen molar-refractivity contribution < 1.29 is 18.7 Å². The lowest BCUT2D eigenvalue weighted by Crippen LogP contribution is -2.56. The van der Waals surface area contributed by atoms with Gasteiger partial charge < -0.3 is 4.74 Å². The van der Waals surface area contributed by atoms with E-state index in [4.69, 9.17) is 16.3 Å². The summed E-state index contributed by atoms with van der Waals surface area (Å²) in [5, 5.41) is 0.606. The Bertz CT molecular complexity index is 880. The number of hydrogen-bond donors (Lipinski definition) is 0. The highest BCUT2D eigenvalue weighted by atomic mass is 35.5. The summed E-state index contributed by atoms with van der Waals surface area (Å²) < 4.78 is 18.9. The molecule has 1 aliphatic heterocycles. The minimum Gasteiger partial charge on any atom is -0.478 e. The van der Waals surface area contributed by atoms with Crippen LogP contribution in [0.4, 0.5) is 4.39 Å². The van der Waals surface area contributed by atoms with Gasteiger partial charge in [0.1, 0.15) is 29.9 Å². The van der Waals surface area contributed by atoms with Crippen LogP contribution in [-0.2, 0) is 16.1 Å². The van der Waals surface area contributed by atoms with Gasteiger partial charge in [0.15, 0.2) is 0 Å². The summed E-state index contributed by atoms with van der Waals surface area (Å²) in [7, 11) is 0. The summed E-state index contributed by atoms with van der Waals surface area (Å²) in [5.74, 6) is 1.95. The molecule has 0 spiro atoms. The maximum Gasteiger partial charge on any atom is 0.245 e. The molecule has 0 saturated carbocycles. The fourth-order valence-electron chi connectivity index (χ4n) is 3.15. The lowest BCUT2D eigenvalue weighted by molar-refractivity contribution is -0.141. The van der Waals surface area contributed by atoms with E-state index in [0.29, 0.717) is 17.2 Å². The van der Waals surface area contributed by atoms with Crippen LogP contribution >= 0.6 is 11.6 Å². The van der Waals surface area contributed by atoms with Crippen LogP contribution in [0.15, 0.2) is 54.2 Å². The topological polar surface area (TPSA) is 49.9 Å². The van der Waals surface area contributed by atoms with Gasteiger partial charge in [0, 0.05) is 5.02 Å². The van der Waals surface area contributed by atoms with Crippen molar-refractivity contribution >= 4 is 23.4 Å². The average molecular weight is 403 g/mol. The van der Waals surface area contributed by atoms with Crippen molar-refractivity contribution in [1.82, 2.24) is 9.80 Å². The van der Waals surface area contributed by atoms with E-state index in [1.807, 2.05) is 12.9 Å². The fourth-order valence-corrected chi connectivity index (χ4v) is 3.27. The molecule has 2 aromatic carbocycles. The van der Waals surface area contributed by atoms with Gasteiger partial charge in [-0.1, -0.05) is 30.7 Å². The standard InChI is InChI=1S/C21H20ClFN2O3/c1-2-20-21(27)25(11-15-3-7-17(23)8-4-15)18(13-26)12-24(20)14-28-19-9-5-16(22)6-10-19/h3-10,20H,2,11-12,14H2,1H3. The van der Waals surface area contributed by atoms with Gasteiger partial charge in [-0.3, -0.25) is 14.6 Å². The van der Waals surface area contributed by atoms with E-state index < -0.39 is 6.04 Å². The van der Waals surface area contributed by atoms with Crippen molar-refractivity contribution in [3.05, 3.63) is 70.6 Å². The van der Waals surface area contributed by atoms with Crippen LogP contribution in [0.25, 0.3) is 0 Å². The van der Waals surface area contributed by atoms with Crippen molar-refractivity contribution in [3.8, 4) is 5.75 Å². The zero-order valence-corrected chi connectivity index (χ0v) is 16.2. The van der Waals surface area contributed by atoms with E-state index in [1.54, 1.807) is 41.3 Å². The normalized spacial score (nSPS) is 17.5. The number of carbonyl (C=O) groups excluding carboxylic acids is 2. The van der Waals surface area contributed by atoms with Gasteiger partial charge in [0.05, 0.1) is 19.1 Å². The van der Waals surface area contributed by atoms with Crippen molar-refractivity contribution in [3.63, 3.8) is 0 Å². The highest BCUT2D eigenvalue weighted by Gasteiger charge is 2.37. The molecule has 5 nitrogen and oxygen atoms in total. The molecule has 3 rings (SSSR count). The summed E-state index contributed by atoms with van der Waals surface area (Å²) in [6.07, 6.45) is 0.564. The summed E-state index contributed by atoms with van der Waals surface area (Å²) in [6.45, 7) is 2.50. The lowest BCUT2D eigenvalue weighted by Gasteiger charge is -2.40. The minimum absolute atomic E-state index is 0.154. The smallest absolute Gasteiger partial charge is 0.245 e. The first-order chi connectivity index (χ1) is 13.5. The molecule has 1 heterocycles. The Morgan fingerprint density at radius 1 is 1.18 bits per heavy atom.